The normalized spacial score (nSPS) is 25.1. The zero-order valence-corrected chi connectivity index (χ0v) is 14.7. The van der Waals surface area contributed by atoms with E-state index in [2.05, 4.69) is 10.4 Å². The Morgan fingerprint density at radius 3 is 2.44 bits per heavy atom. The molecule has 0 spiro atoms. The molecule has 2 unspecified atom stereocenters. The molecule has 2 fully saturated rings. The van der Waals surface area contributed by atoms with Crippen LogP contribution in [0, 0.1) is 6.92 Å². The molecule has 4 rings (SSSR count). The minimum atomic E-state index is -0.217. The first kappa shape index (κ1) is 16.1. The number of carbonyl (C=O) groups excluding carboxylic acids is 1. The Labute approximate surface area is 146 Å². The van der Waals surface area contributed by atoms with E-state index < -0.39 is 0 Å². The molecule has 0 aliphatic carbocycles. The zero-order valence-electron chi connectivity index (χ0n) is 14.7. The Balaban J connectivity index is 1.55. The quantitative estimate of drug-likeness (QED) is 0.895. The summed E-state index contributed by atoms with van der Waals surface area (Å²) in [5.41, 5.74) is 1.99. The maximum Gasteiger partial charge on any atom is 0.271 e. The molecule has 2 aliphatic heterocycles. The molecule has 2 atom stereocenters. The van der Waals surface area contributed by atoms with Crippen molar-refractivity contribution < 1.29 is 4.79 Å². The highest BCUT2D eigenvalue weighted by Crippen LogP contribution is 2.29. The molecule has 0 saturated carbocycles. The molecule has 2 N–H and O–H groups in total. The number of hydrogen-bond acceptors (Lipinski definition) is 3. The predicted molar refractivity (Wildman–Crippen MR) is 96.2 cm³/mol. The molecule has 1 aromatic heterocycles. The van der Waals surface area contributed by atoms with Gasteiger partial charge in [-0.25, -0.2) is 4.68 Å². The maximum atomic E-state index is 12.9. The zero-order chi connectivity index (χ0) is 17.6. The second-order valence-corrected chi connectivity index (χ2v) is 7.36. The van der Waals surface area contributed by atoms with E-state index in [1.165, 1.54) is 23.6 Å². The first-order chi connectivity index (χ1) is 12.0. The van der Waals surface area contributed by atoms with Crippen molar-refractivity contribution in [3.8, 4) is 5.69 Å². The third kappa shape index (κ3) is 3.02. The van der Waals surface area contributed by atoms with Crippen molar-refractivity contribution in [3.63, 3.8) is 0 Å². The summed E-state index contributed by atoms with van der Waals surface area (Å²) in [7, 11) is 1.85. The molecular formula is C19H24N4O2. The molecule has 6 nitrogen and oxygen atoms in total. The van der Waals surface area contributed by atoms with Gasteiger partial charge in [-0.2, -0.15) is 0 Å². The number of amides is 1. The summed E-state index contributed by atoms with van der Waals surface area (Å²) in [4.78, 5) is 26.9. The number of nitrogens with zero attached hydrogens (tertiary/aromatic N) is 2. The Morgan fingerprint density at radius 2 is 1.80 bits per heavy atom. The van der Waals surface area contributed by atoms with Gasteiger partial charge < -0.3 is 10.2 Å². The van der Waals surface area contributed by atoms with Crippen LogP contribution in [0.3, 0.4) is 0 Å². The van der Waals surface area contributed by atoms with Gasteiger partial charge in [0, 0.05) is 31.2 Å². The van der Waals surface area contributed by atoms with E-state index in [1.54, 1.807) is 4.90 Å². The van der Waals surface area contributed by atoms with Gasteiger partial charge in [-0.05, 0) is 44.7 Å². The van der Waals surface area contributed by atoms with Gasteiger partial charge in [0.2, 0.25) is 0 Å². The average molecular weight is 340 g/mol. The van der Waals surface area contributed by atoms with Gasteiger partial charge in [0.05, 0.1) is 5.69 Å². The van der Waals surface area contributed by atoms with E-state index in [4.69, 9.17) is 0 Å². The van der Waals surface area contributed by atoms with E-state index in [0.717, 1.165) is 24.1 Å². The highest BCUT2D eigenvalue weighted by Gasteiger charge is 2.36. The lowest BCUT2D eigenvalue weighted by Crippen LogP contribution is -2.48. The van der Waals surface area contributed by atoms with Crippen molar-refractivity contribution in [3.05, 3.63) is 51.9 Å². The second-order valence-electron chi connectivity index (χ2n) is 7.36. The number of aromatic amines is 1. The molecule has 2 bridgehead atoms. The van der Waals surface area contributed by atoms with E-state index in [9.17, 15) is 9.59 Å². The summed E-state index contributed by atoms with van der Waals surface area (Å²) in [5, 5.41) is 6.57. The van der Waals surface area contributed by atoms with Crippen LogP contribution in [0.2, 0.25) is 0 Å². The van der Waals surface area contributed by atoms with Crippen LogP contribution in [0.25, 0.3) is 5.69 Å². The highest BCUT2D eigenvalue weighted by atomic mass is 16.2. The highest BCUT2D eigenvalue weighted by molar-refractivity contribution is 5.92. The van der Waals surface area contributed by atoms with Crippen LogP contribution in [0.1, 0.15) is 41.7 Å². The number of aryl methyl sites for hydroxylation is 1. The predicted octanol–water partition coefficient (Wildman–Crippen LogP) is 1.83. The van der Waals surface area contributed by atoms with Crippen molar-refractivity contribution in [1.82, 2.24) is 20.0 Å². The molecular weight excluding hydrogens is 316 g/mol. The summed E-state index contributed by atoms with van der Waals surface area (Å²) in [6.45, 7) is 2.00. The topological polar surface area (TPSA) is 70.1 Å². The Bertz CT molecular complexity index is 824. The van der Waals surface area contributed by atoms with Crippen LogP contribution in [0.4, 0.5) is 0 Å². The van der Waals surface area contributed by atoms with Gasteiger partial charge in [0.25, 0.3) is 11.5 Å². The standard InChI is InChI=1S/C19H24N4O2/c1-12-3-7-15(8-4-12)23-18(24)11-17(21-23)19(25)22(2)16-9-13-5-6-14(10-16)20-13/h3-4,7-8,11,13-14,16,20-21H,5-6,9-10H2,1-2H3. The van der Waals surface area contributed by atoms with Crippen molar-refractivity contribution in [2.24, 2.45) is 0 Å². The molecule has 132 valence electrons. The smallest absolute Gasteiger partial charge is 0.271 e. The van der Waals surface area contributed by atoms with Crippen molar-refractivity contribution in [2.75, 3.05) is 7.05 Å². The number of nitrogens with one attached hydrogen (secondary N) is 2. The van der Waals surface area contributed by atoms with Gasteiger partial charge in [0.15, 0.2) is 0 Å². The summed E-state index contributed by atoms with van der Waals surface area (Å²) in [6.07, 6.45) is 4.37. The first-order valence-corrected chi connectivity index (χ1v) is 8.93. The number of carbonyl (C=O) groups is 1. The van der Waals surface area contributed by atoms with Crippen LogP contribution >= 0.6 is 0 Å². The van der Waals surface area contributed by atoms with Gasteiger partial charge in [0.1, 0.15) is 5.69 Å². The average Bonchev–Trinajstić information content (AvgIpc) is 3.16. The molecule has 2 aliphatic rings. The first-order valence-electron chi connectivity index (χ1n) is 8.93. The summed E-state index contributed by atoms with van der Waals surface area (Å²) >= 11 is 0. The number of hydrogen-bond donors (Lipinski definition) is 2. The third-order valence-electron chi connectivity index (χ3n) is 5.56. The number of rotatable bonds is 3. The lowest BCUT2D eigenvalue weighted by atomic mass is 9.98. The molecule has 0 radical (unpaired) electrons. The van der Waals surface area contributed by atoms with Gasteiger partial charge >= 0.3 is 0 Å². The summed E-state index contributed by atoms with van der Waals surface area (Å²) < 4.78 is 1.42. The second kappa shape index (κ2) is 6.19. The summed E-state index contributed by atoms with van der Waals surface area (Å²) in [5.74, 6) is -0.116. The monoisotopic (exact) mass is 340 g/mol. The van der Waals surface area contributed by atoms with Crippen molar-refractivity contribution in [2.45, 2.75) is 50.7 Å². The van der Waals surface area contributed by atoms with E-state index in [0.29, 0.717) is 17.8 Å². The largest absolute Gasteiger partial charge is 0.337 e. The number of fused-ring (bicyclic) bond motifs is 2. The van der Waals surface area contributed by atoms with Crippen LogP contribution in [0.5, 0.6) is 0 Å². The van der Waals surface area contributed by atoms with Gasteiger partial charge in [-0.3, -0.25) is 14.7 Å². The van der Waals surface area contributed by atoms with E-state index >= 15 is 0 Å². The minimum absolute atomic E-state index is 0.116. The number of H-pyrrole nitrogens is 1. The molecule has 25 heavy (non-hydrogen) atoms. The SMILES string of the molecule is Cc1ccc(-n2[nH]c(C(=O)N(C)C3CC4CCC(C3)N4)cc2=O)cc1. The fourth-order valence-corrected chi connectivity index (χ4v) is 4.09. The van der Waals surface area contributed by atoms with Crippen molar-refractivity contribution >= 4 is 5.91 Å². The Morgan fingerprint density at radius 1 is 1.16 bits per heavy atom. The Hall–Kier alpha value is -2.34. The Kier molecular flexibility index (Phi) is 4.00. The lowest BCUT2D eigenvalue weighted by Gasteiger charge is -2.35. The molecule has 6 heteroatoms. The van der Waals surface area contributed by atoms with Gasteiger partial charge in [-0.1, -0.05) is 17.7 Å². The van der Waals surface area contributed by atoms with E-state index in [1.807, 2.05) is 38.2 Å². The van der Waals surface area contributed by atoms with Crippen LogP contribution < -0.4 is 10.9 Å². The fourth-order valence-electron chi connectivity index (χ4n) is 4.09. The molecule has 1 aromatic carbocycles. The summed E-state index contributed by atoms with van der Waals surface area (Å²) in [6, 6.07) is 10.3. The number of benzene rings is 1. The van der Waals surface area contributed by atoms with Crippen molar-refractivity contribution in [1.29, 1.82) is 0 Å². The third-order valence-corrected chi connectivity index (χ3v) is 5.56. The minimum Gasteiger partial charge on any atom is -0.337 e. The number of aromatic nitrogens is 2. The lowest BCUT2D eigenvalue weighted by molar-refractivity contribution is 0.0675. The fraction of sp³-hybridized carbons (Fsp3) is 0.474. The maximum absolute atomic E-state index is 12.9. The molecule has 1 amide bonds. The molecule has 3 heterocycles. The molecule has 2 saturated heterocycles. The van der Waals surface area contributed by atoms with Crippen LogP contribution in [-0.4, -0.2) is 45.8 Å². The van der Waals surface area contributed by atoms with Crippen LogP contribution in [0.15, 0.2) is 35.1 Å². The molecule has 2 aromatic rings. The van der Waals surface area contributed by atoms with Crippen LogP contribution in [-0.2, 0) is 0 Å². The number of piperidine rings is 1. The van der Waals surface area contributed by atoms with E-state index in [-0.39, 0.29) is 17.5 Å². The van der Waals surface area contributed by atoms with Gasteiger partial charge in [-0.15, -0.1) is 0 Å².